The first-order valence-electron chi connectivity index (χ1n) is 10.1. The number of aliphatic hydroxyl groups excluding tert-OH is 2. The highest BCUT2D eigenvalue weighted by Crippen LogP contribution is 2.45. The van der Waals surface area contributed by atoms with Crippen LogP contribution >= 0.6 is 0 Å². The second kappa shape index (κ2) is 9.38. The van der Waals surface area contributed by atoms with E-state index in [0.29, 0.717) is 18.8 Å². The molecule has 0 unspecified atom stereocenters. The largest absolute Gasteiger partial charge is 0.495 e. The van der Waals surface area contributed by atoms with E-state index in [1.165, 1.54) is 18.4 Å². The van der Waals surface area contributed by atoms with Crippen molar-refractivity contribution in [1.29, 1.82) is 0 Å². The molecular weight excluding hydrogens is 324 g/mol. The van der Waals surface area contributed by atoms with E-state index >= 15 is 0 Å². The maximum absolute atomic E-state index is 10.4. The van der Waals surface area contributed by atoms with Crippen LogP contribution in [0.2, 0.25) is 0 Å². The minimum Gasteiger partial charge on any atom is -0.495 e. The highest BCUT2D eigenvalue weighted by atomic mass is 16.5. The number of aryl methyl sites for hydroxylation is 1. The Labute approximate surface area is 157 Å². The number of ether oxygens (including phenoxy) is 1. The van der Waals surface area contributed by atoms with Crippen LogP contribution in [0.4, 0.5) is 0 Å². The summed E-state index contributed by atoms with van der Waals surface area (Å²) in [5, 5.41) is 20.7. The molecule has 1 saturated heterocycles. The molecule has 3 nitrogen and oxygen atoms in total. The van der Waals surface area contributed by atoms with Crippen molar-refractivity contribution in [3.8, 4) is 0 Å². The molecule has 0 bridgehead atoms. The first-order valence-corrected chi connectivity index (χ1v) is 10.1. The van der Waals surface area contributed by atoms with Crippen LogP contribution in [0.3, 0.4) is 0 Å². The molecule has 1 saturated carbocycles. The number of hydrogen-bond donors (Lipinski definition) is 2. The molecule has 1 aromatic carbocycles. The Bertz CT molecular complexity index is 607. The van der Waals surface area contributed by atoms with Crippen molar-refractivity contribution >= 4 is 0 Å². The number of unbranched alkanes of at least 4 members (excludes halogenated alkanes) is 2. The molecule has 1 aromatic rings. The van der Waals surface area contributed by atoms with Crippen molar-refractivity contribution in [3.05, 3.63) is 59.9 Å². The minimum atomic E-state index is -0.469. The summed E-state index contributed by atoms with van der Waals surface area (Å²) in [7, 11) is 0. The molecule has 5 atom stereocenters. The van der Waals surface area contributed by atoms with Crippen LogP contribution in [0.25, 0.3) is 0 Å². The van der Waals surface area contributed by atoms with Crippen LogP contribution in [0.1, 0.15) is 51.0 Å². The Morgan fingerprint density at radius 3 is 2.85 bits per heavy atom. The molecule has 1 aliphatic carbocycles. The highest BCUT2D eigenvalue weighted by Gasteiger charge is 2.46. The summed E-state index contributed by atoms with van der Waals surface area (Å²) in [6, 6.07) is 10.2. The number of hydrogen-bond acceptors (Lipinski definition) is 3. The van der Waals surface area contributed by atoms with Gasteiger partial charge in [0.05, 0.1) is 18.0 Å². The van der Waals surface area contributed by atoms with Gasteiger partial charge >= 0.3 is 0 Å². The molecule has 0 spiro atoms. The van der Waals surface area contributed by atoms with E-state index in [2.05, 4.69) is 25.1 Å². The SMILES string of the molecule is CCCC/C=C1\C[C@@H]2[C@@H](/C=C/[C@@H](O)CCc3ccccc3)[C@H](O)C[C@@H]2O1. The standard InChI is InChI=1S/C23H32O3/c1-2-3-5-10-19-15-21-20(22(25)16-23(21)26-19)14-13-18(24)12-11-17-8-6-4-7-9-17/h4,6-10,13-14,18,20-25H,2-3,5,11-12,15-16H2,1H3/b14-13+,19-10+/t18-,20+,21+,22+,23-/m0/s1. The highest BCUT2D eigenvalue weighted by molar-refractivity contribution is 5.16. The molecule has 26 heavy (non-hydrogen) atoms. The molecule has 0 radical (unpaired) electrons. The lowest BCUT2D eigenvalue weighted by Crippen LogP contribution is -2.18. The number of benzene rings is 1. The lowest BCUT2D eigenvalue weighted by molar-refractivity contribution is 0.111. The predicted octanol–water partition coefficient (Wildman–Crippen LogP) is 4.40. The maximum atomic E-state index is 10.4. The van der Waals surface area contributed by atoms with Crippen LogP contribution < -0.4 is 0 Å². The molecule has 142 valence electrons. The van der Waals surface area contributed by atoms with E-state index in [-0.39, 0.29) is 18.1 Å². The second-order valence-electron chi connectivity index (χ2n) is 7.69. The minimum absolute atomic E-state index is 0.0865. The van der Waals surface area contributed by atoms with Gasteiger partial charge in [-0.05, 0) is 37.3 Å². The van der Waals surface area contributed by atoms with E-state index < -0.39 is 6.10 Å². The zero-order valence-corrected chi connectivity index (χ0v) is 15.8. The van der Waals surface area contributed by atoms with Crippen molar-refractivity contribution in [3.63, 3.8) is 0 Å². The molecule has 2 N–H and O–H groups in total. The monoisotopic (exact) mass is 356 g/mol. The van der Waals surface area contributed by atoms with Crippen molar-refractivity contribution < 1.29 is 14.9 Å². The van der Waals surface area contributed by atoms with Crippen LogP contribution in [-0.2, 0) is 11.2 Å². The van der Waals surface area contributed by atoms with Gasteiger partial charge in [0.15, 0.2) is 0 Å². The Morgan fingerprint density at radius 1 is 1.27 bits per heavy atom. The topological polar surface area (TPSA) is 49.7 Å². The molecule has 1 heterocycles. The van der Waals surface area contributed by atoms with Gasteiger partial charge in [-0.2, -0.15) is 0 Å². The zero-order chi connectivity index (χ0) is 18.4. The van der Waals surface area contributed by atoms with Gasteiger partial charge < -0.3 is 14.9 Å². The van der Waals surface area contributed by atoms with E-state index in [9.17, 15) is 10.2 Å². The van der Waals surface area contributed by atoms with E-state index in [4.69, 9.17) is 4.74 Å². The van der Waals surface area contributed by atoms with Crippen molar-refractivity contribution in [2.24, 2.45) is 11.8 Å². The van der Waals surface area contributed by atoms with Gasteiger partial charge in [0, 0.05) is 24.7 Å². The second-order valence-corrected chi connectivity index (χ2v) is 7.69. The van der Waals surface area contributed by atoms with Crippen LogP contribution in [0.5, 0.6) is 0 Å². The van der Waals surface area contributed by atoms with Gasteiger partial charge in [-0.15, -0.1) is 0 Å². The Morgan fingerprint density at radius 2 is 2.08 bits per heavy atom. The van der Waals surface area contributed by atoms with Gasteiger partial charge in [-0.3, -0.25) is 0 Å². The van der Waals surface area contributed by atoms with Gasteiger partial charge in [0.25, 0.3) is 0 Å². The summed E-state index contributed by atoms with van der Waals surface area (Å²) < 4.78 is 6.05. The van der Waals surface area contributed by atoms with E-state index in [1.807, 2.05) is 30.4 Å². The number of rotatable bonds is 8. The van der Waals surface area contributed by atoms with Crippen molar-refractivity contribution in [2.45, 2.75) is 70.2 Å². The Kier molecular flexibility index (Phi) is 6.93. The average molecular weight is 357 g/mol. The zero-order valence-electron chi connectivity index (χ0n) is 15.8. The summed E-state index contributed by atoms with van der Waals surface area (Å²) in [5.74, 6) is 1.53. The van der Waals surface area contributed by atoms with Crippen LogP contribution in [0, 0.1) is 11.8 Å². The average Bonchev–Trinajstić information content (AvgIpc) is 3.16. The number of aliphatic hydroxyl groups is 2. The molecule has 2 fully saturated rings. The molecule has 0 amide bonds. The number of allylic oxidation sites excluding steroid dienone is 2. The first kappa shape index (κ1) is 19.2. The van der Waals surface area contributed by atoms with Crippen LogP contribution in [-0.4, -0.2) is 28.5 Å². The molecule has 0 aromatic heterocycles. The Hall–Kier alpha value is -1.58. The Balaban J connectivity index is 1.51. The first-order chi connectivity index (χ1) is 12.7. The molecular formula is C23H32O3. The lowest BCUT2D eigenvalue weighted by Gasteiger charge is -2.16. The third-order valence-electron chi connectivity index (χ3n) is 5.69. The molecule has 2 aliphatic rings. The van der Waals surface area contributed by atoms with Gasteiger partial charge in [0.2, 0.25) is 0 Å². The summed E-state index contributed by atoms with van der Waals surface area (Å²) in [6.07, 6.45) is 12.1. The quantitative estimate of drug-likeness (QED) is 0.536. The smallest absolute Gasteiger partial charge is 0.105 e. The fourth-order valence-electron chi connectivity index (χ4n) is 4.16. The maximum Gasteiger partial charge on any atom is 0.105 e. The van der Waals surface area contributed by atoms with Crippen LogP contribution in [0.15, 0.2) is 54.3 Å². The normalized spacial score (nSPS) is 30.7. The summed E-state index contributed by atoms with van der Waals surface area (Å²) in [5.41, 5.74) is 1.24. The fourth-order valence-corrected chi connectivity index (χ4v) is 4.16. The molecule has 3 rings (SSSR count). The fraction of sp³-hybridized carbons (Fsp3) is 0.565. The van der Waals surface area contributed by atoms with Crippen molar-refractivity contribution in [1.82, 2.24) is 0 Å². The van der Waals surface area contributed by atoms with E-state index in [1.54, 1.807) is 0 Å². The number of fused-ring (bicyclic) bond motifs is 1. The van der Waals surface area contributed by atoms with E-state index in [0.717, 1.165) is 25.0 Å². The third kappa shape index (κ3) is 4.99. The van der Waals surface area contributed by atoms with Gasteiger partial charge in [0.1, 0.15) is 6.10 Å². The van der Waals surface area contributed by atoms with Gasteiger partial charge in [-0.25, -0.2) is 0 Å². The predicted molar refractivity (Wildman–Crippen MR) is 105 cm³/mol. The summed E-state index contributed by atoms with van der Waals surface area (Å²) >= 11 is 0. The third-order valence-corrected chi connectivity index (χ3v) is 5.69. The summed E-state index contributed by atoms with van der Waals surface area (Å²) in [6.45, 7) is 2.20. The van der Waals surface area contributed by atoms with Crippen molar-refractivity contribution in [2.75, 3.05) is 0 Å². The lowest BCUT2D eigenvalue weighted by atomic mass is 9.90. The molecule has 1 aliphatic heterocycles. The van der Waals surface area contributed by atoms with Gasteiger partial charge in [-0.1, -0.05) is 55.8 Å². The summed E-state index contributed by atoms with van der Waals surface area (Å²) in [4.78, 5) is 0. The molecule has 3 heteroatoms.